The van der Waals surface area contributed by atoms with Crippen LogP contribution in [0.4, 0.5) is 5.82 Å². The topological polar surface area (TPSA) is 125 Å². The lowest BCUT2D eigenvalue weighted by molar-refractivity contribution is -0.116. The number of aromatic nitrogens is 4. The number of carbonyl (C=O) groups excluding carboxylic acids is 1. The molecule has 4 N–H and O–H groups in total. The third kappa shape index (κ3) is 2.73. The number of carbonyl (C=O) groups is 1. The molecule has 154 valence electrons. The summed E-state index contributed by atoms with van der Waals surface area (Å²) in [6.45, 7) is 0. The van der Waals surface area contributed by atoms with E-state index in [0.717, 1.165) is 11.3 Å². The van der Waals surface area contributed by atoms with Crippen molar-refractivity contribution in [2.75, 3.05) is 19.5 Å². The molecule has 2 aromatic heterocycles. The minimum Gasteiger partial charge on any atom is -0.493 e. The summed E-state index contributed by atoms with van der Waals surface area (Å²) in [5.41, 5.74) is 2.61. The molecule has 0 amide bonds. The Kier molecular flexibility index (Phi) is 4.23. The second kappa shape index (κ2) is 6.94. The lowest BCUT2D eigenvalue weighted by atomic mass is 9.74. The van der Waals surface area contributed by atoms with Gasteiger partial charge in [-0.15, -0.1) is 0 Å². The molecule has 9 nitrogen and oxygen atoms in total. The number of ether oxygens (including phenoxy) is 2. The minimum atomic E-state index is -0.528. The highest BCUT2D eigenvalue weighted by Crippen LogP contribution is 2.46. The Morgan fingerprint density at radius 3 is 2.63 bits per heavy atom. The van der Waals surface area contributed by atoms with E-state index in [1.807, 2.05) is 18.2 Å². The van der Waals surface area contributed by atoms with Gasteiger partial charge in [0, 0.05) is 30.1 Å². The molecule has 5 rings (SSSR count). The lowest BCUT2D eigenvalue weighted by Gasteiger charge is -2.33. The minimum absolute atomic E-state index is 0.00353. The largest absolute Gasteiger partial charge is 0.493 e. The number of aromatic amines is 3. The SMILES string of the molecule is COc1ccc([C@@H]2CC(=O)C3=C(C2)Nc2[nH][nH]c(=O)c2[C@H]3c2ncc[nH]2)cc1OC. The van der Waals surface area contributed by atoms with Crippen molar-refractivity contribution in [2.45, 2.75) is 24.7 Å². The molecule has 9 heteroatoms. The van der Waals surface area contributed by atoms with E-state index in [1.165, 1.54) is 0 Å². The molecule has 0 bridgehead atoms. The predicted molar refractivity (Wildman–Crippen MR) is 109 cm³/mol. The highest BCUT2D eigenvalue weighted by molar-refractivity contribution is 6.01. The molecule has 0 unspecified atom stereocenters. The van der Waals surface area contributed by atoms with Crippen molar-refractivity contribution in [1.29, 1.82) is 0 Å². The summed E-state index contributed by atoms with van der Waals surface area (Å²) < 4.78 is 10.7. The molecule has 30 heavy (non-hydrogen) atoms. The van der Waals surface area contributed by atoms with E-state index in [-0.39, 0.29) is 17.3 Å². The first-order valence-corrected chi connectivity index (χ1v) is 9.65. The van der Waals surface area contributed by atoms with Crippen molar-refractivity contribution in [1.82, 2.24) is 20.2 Å². The van der Waals surface area contributed by atoms with Crippen LogP contribution in [0.2, 0.25) is 0 Å². The number of rotatable bonds is 4. The molecule has 0 fully saturated rings. The Balaban J connectivity index is 1.57. The summed E-state index contributed by atoms with van der Waals surface area (Å²) in [6, 6.07) is 5.73. The van der Waals surface area contributed by atoms with Crippen molar-refractivity contribution in [3.05, 3.63) is 69.2 Å². The molecular formula is C21H21N5O4. The Bertz CT molecular complexity index is 1200. The first-order valence-electron chi connectivity index (χ1n) is 9.65. The van der Waals surface area contributed by atoms with Gasteiger partial charge in [0.2, 0.25) is 0 Å². The van der Waals surface area contributed by atoms with Crippen LogP contribution in [0.15, 0.2) is 46.7 Å². The van der Waals surface area contributed by atoms with Gasteiger partial charge in [-0.1, -0.05) is 6.07 Å². The fourth-order valence-electron chi connectivity index (χ4n) is 4.47. The Morgan fingerprint density at radius 1 is 1.07 bits per heavy atom. The van der Waals surface area contributed by atoms with Crippen LogP contribution in [0.25, 0.3) is 0 Å². The Morgan fingerprint density at radius 2 is 1.90 bits per heavy atom. The number of anilines is 1. The molecule has 0 saturated carbocycles. The number of nitrogens with zero attached hydrogens (tertiary/aromatic N) is 1. The normalized spacial score (nSPS) is 20.4. The van der Waals surface area contributed by atoms with Gasteiger partial charge in [-0.2, -0.15) is 0 Å². The first kappa shape index (κ1) is 18.3. The van der Waals surface area contributed by atoms with Crippen LogP contribution in [-0.2, 0) is 4.79 Å². The van der Waals surface area contributed by atoms with E-state index < -0.39 is 5.92 Å². The van der Waals surface area contributed by atoms with Gasteiger partial charge >= 0.3 is 0 Å². The average molecular weight is 407 g/mol. The zero-order chi connectivity index (χ0) is 20.8. The fraction of sp³-hybridized carbons (Fsp3) is 0.286. The fourth-order valence-corrected chi connectivity index (χ4v) is 4.47. The third-order valence-corrected chi connectivity index (χ3v) is 5.85. The summed E-state index contributed by atoms with van der Waals surface area (Å²) in [5.74, 6) is 1.87. The van der Waals surface area contributed by atoms with Crippen molar-refractivity contribution in [3.63, 3.8) is 0 Å². The Labute approximate surface area is 171 Å². The zero-order valence-corrected chi connectivity index (χ0v) is 16.5. The number of allylic oxidation sites excluding steroid dienone is 2. The number of hydrogen-bond acceptors (Lipinski definition) is 6. The van der Waals surface area contributed by atoms with E-state index in [9.17, 15) is 9.59 Å². The summed E-state index contributed by atoms with van der Waals surface area (Å²) in [4.78, 5) is 33.2. The smallest absolute Gasteiger partial charge is 0.270 e. The van der Waals surface area contributed by atoms with Crippen molar-refractivity contribution < 1.29 is 14.3 Å². The van der Waals surface area contributed by atoms with E-state index in [1.54, 1.807) is 26.6 Å². The molecule has 2 aliphatic rings. The lowest BCUT2D eigenvalue weighted by Crippen LogP contribution is -2.32. The highest BCUT2D eigenvalue weighted by atomic mass is 16.5. The number of Topliss-reactive ketones (excluding diaryl/α,β-unsaturated/α-hetero) is 1. The van der Waals surface area contributed by atoms with Gasteiger partial charge < -0.3 is 19.8 Å². The molecule has 0 radical (unpaired) electrons. The van der Waals surface area contributed by atoms with Crippen LogP contribution in [0.5, 0.6) is 11.5 Å². The van der Waals surface area contributed by atoms with E-state index in [0.29, 0.717) is 47.1 Å². The van der Waals surface area contributed by atoms with Gasteiger partial charge in [-0.3, -0.25) is 19.8 Å². The van der Waals surface area contributed by atoms with Crippen LogP contribution in [0.1, 0.15) is 41.6 Å². The maximum Gasteiger partial charge on any atom is 0.270 e. The van der Waals surface area contributed by atoms with Gasteiger partial charge in [0.15, 0.2) is 17.3 Å². The highest BCUT2D eigenvalue weighted by Gasteiger charge is 2.41. The number of benzene rings is 1. The average Bonchev–Trinajstić information content (AvgIpc) is 3.42. The van der Waals surface area contributed by atoms with Crippen molar-refractivity contribution >= 4 is 11.6 Å². The number of H-pyrrole nitrogens is 3. The number of hydrogen-bond donors (Lipinski definition) is 4. The van der Waals surface area contributed by atoms with Gasteiger partial charge in [0.1, 0.15) is 11.6 Å². The summed E-state index contributed by atoms with van der Waals surface area (Å²) in [6.07, 6.45) is 4.28. The Hall–Kier alpha value is -3.75. The van der Waals surface area contributed by atoms with Gasteiger partial charge in [-0.05, 0) is 30.0 Å². The zero-order valence-electron chi connectivity index (χ0n) is 16.5. The number of ketones is 1. The number of nitrogens with one attached hydrogen (secondary N) is 4. The van der Waals surface area contributed by atoms with E-state index >= 15 is 0 Å². The maximum absolute atomic E-state index is 13.3. The van der Waals surface area contributed by atoms with Gasteiger partial charge in [0.25, 0.3) is 5.56 Å². The monoisotopic (exact) mass is 407 g/mol. The molecule has 1 aliphatic carbocycles. The molecule has 1 aromatic carbocycles. The summed E-state index contributed by atoms with van der Waals surface area (Å²) in [7, 11) is 3.18. The number of methoxy groups -OCH3 is 2. The van der Waals surface area contributed by atoms with Crippen LogP contribution >= 0.6 is 0 Å². The summed E-state index contributed by atoms with van der Waals surface area (Å²) in [5, 5.41) is 8.76. The number of fused-ring (bicyclic) bond motifs is 1. The van der Waals surface area contributed by atoms with E-state index in [4.69, 9.17) is 9.47 Å². The van der Waals surface area contributed by atoms with Crippen molar-refractivity contribution in [3.8, 4) is 11.5 Å². The van der Waals surface area contributed by atoms with Gasteiger partial charge in [-0.25, -0.2) is 4.98 Å². The molecule has 2 atom stereocenters. The van der Waals surface area contributed by atoms with Crippen LogP contribution in [0.3, 0.4) is 0 Å². The summed E-state index contributed by atoms with van der Waals surface area (Å²) >= 11 is 0. The van der Waals surface area contributed by atoms with Crippen molar-refractivity contribution in [2.24, 2.45) is 0 Å². The van der Waals surface area contributed by atoms with Crippen LogP contribution < -0.4 is 20.3 Å². The predicted octanol–water partition coefficient (Wildman–Crippen LogP) is 2.40. The first-order chi connectivity index (χ1) is 14.6. The molecular weight excluding hydrogens is 386 g/mol. The molecule has 3 heterocycles. The quantitative estimate of drug-likeness (QED) is 0.526. The molecule has 3 aromatic rings. The molecule has 0 spiro atoms. The third-order valence-electron chi connectivity index (χ3n) is 5.85. The molecule has 1 aliphatic heterocycles. The van der Waals surface area contributed by atoms with Crippen LogP contribution in [0, 0.1) is 0 Å². The van der Waals surface area contributed by atoms with E-state index in [2.05, 4.69) is 25.5 Å². The molecule has 0 saturated heterocycles. The standard InChI is InChI=1S/C21H21N5O4/c1-29-14-4-3-10(9-15(14)30-2)11-7-12-16(13(27)8-11)17(19-22-5-6-23-19)18-20(24-12)25-26-21(18)28/h3-6,9,11,17H,7-8H2,1-2H3,(H,22,23)(H3,24,25,26,28)/t11-,17-/m0/s1. The number of imidazole rings is 1. The van der Waals surface area contributed by atoms with Gasteiger partial charge in [0.05, 0.1) is 25.7 Å². The maximum atomic E-state index is 13.3. The second-order valence-corrected chi connectivity index (χ2v) is 7.44. The second-order valence-electron chi connectivity index (χ2n) is 7.44. The van der Waals surface area contributed by atoms with Crippen LogP contribution in [-0.4, -0.2) is 40.2 Å².